The van der Waals surface area contributed by atoms with Gasteiger partial charge in [0.2, 0.25) is 0 Å². The van der Waals surface area contributed by atoms with Gasteiger partial charge in [-0.3, -0.25) is 14.2 Å². The van der Waals surface area contributed by atoms with Crippen LogP contribution in [0.15, 0.2) is 46.6 Å². The molecule has 0 bridgehead atoms. The number of aromatic nitrogens is 2. The molecule has 0 spiro atoms. The van der Waals surface area contributed by atoms with Crippen LogP contribution in [0.25, 0.3) is 10.2 Å². The summed E-state index contributed by atoms with van der Waals surface area (Å²) in [5, 5.41) is 6.20. The number of rotatable bonds is 5. The molecule has 0 radical (unpaired) electrons. The van der Waals surface area contributed by atoms with E-state index >= 15 is 0 Å². The molecule has 1 atom stereocenters. The van der Waals surface area contributed by atoms with Gasteiger partial charge in [0, 0.05) is 16.4 Å². The molecule has 2 aromatic heterocycles. The Morgan fingerprint density at radius 2 is 2.15 bits per heavy atom. The van der Waals surface area contributed by atoms with Crippen LogP contribution in [0.4, 0.5) is 0 Å². The molecule has 0 saturated carbocycles. The number of thiazole rings is 2. The quantitative estimate of drug-likeness (QED) is 0.396. The summed E-state index contributed by atoms with van der Waals surface area (Å²) in [5.41, 5.74) is 3.71. The topological polar surface area (TPSA) is 73.2 Å². The van der Waals surface area contributed by atoms with E-state index in [0.717, 1.165) is 41.6 Å². The highest BCUT2D eigenvalue weighted by Crippen LogP contribution is 2.26. The summed E-state index contributed by atoms with van der Waals surface area (Å²) in [5.74, 6) is 0.654. The van der Waals surface area contributed by atoms with Crippen LogP contribution in [0, 0.1) is 0 Å². The molecule has 2 aromatic carbocycles. The highest BCUT2D eigenvalue weighted by Gasteiger charge is 2.21. The van der Waals surface area contributed by atoms with Crippen LogP contribution in [-0.2, 0) is 19.4 Å². The van der Waals surface area contributed by atoms with Crippen LogP contribution in [-0.4, -0.2) is 28.6 Å². The molecule has 0 saturated heterocycles. The summed E-state index contributed by atoms with van der Waals surface area (Å²) in [7, 11) is 1.67. The maximum absolute atomic E-state index is 12.9. The van der Waals surface area contributed by atoms with E-state index in [1.165, 1.54) is 33.8 Å². The molecule has 5 rings (SSSR count). The monoisotopic (exact) mass is 499 g/mol. The van der Waals surface area contributed by atoms with E-state index in [9.17, 15) is 9.59 Å². The van der Waals surface area contributed by atoms with Gasteiger partial charge in [-0.15, -0.1) is 11.3 Å². The third kappa shape index (κ3) is 4.69. The second kappa shape index (κ2) is 9.29. The Bertz CT molecular complexity index is 1390. The largest absolute Gasteiger partial charge is 0.497 e. The summed E-state index contributed by atoms with van der Waals surface area (Å²) in [4.78, 5) is 29.8. The Kier molecular flexibility index (Phi) is 6.23. The van der Waals surface area contributed by atoms with Gasteiger partial charge in [0.05, 0.1) is 23.9 Å². The lowest BCUT2D eigenvalue weighted by molar-refractivity contribution is 0.0930. The first-order chi connectivity index (χ1) is 16.0. The fourth-order valence-electron chi connectivity index (χ4n) is 4.26. The molecule has 1 N–H and O–H groups in total. The zero-order chi connectivity index (χ0) is 22.9. The molecule has 0 fully saturated rings. The highest BCUT2D eigenvalue weighted by molar-refractivity contribution is 7.16. The van der Waals surface area contributed by atoms with E-state index in [1.807, 2.05) is 12.1 Å². The lowest BCUT2D eigenvalue weighted by Crippen LogP contribution is -2.36. The van der Waals surface area contributed by atoms with E-state index in [4.69, 9.17) is 16.3 Å². The zero-order valence-corrected chi connectivity index (χ0v) is 20.4. The van der Waals surface area contributed by atoms with Crippen molar-refractivity contribution in [3.05, 3.63) is 78.3 Å². The summed E-state index contributed by atoms with van der Waals surface area (Å²) in [6, 6.07) is 11.6. The molecule has 1 aliphatic carbocycles. The number of halogens is 1. The predicted octanol–water partition coefficient (Wildman–Crippen LogP) is 4.91. The predicted molar refractivity (Wildman–Crippen MR) is 133 cm³/mol. The molecular formula is C24H22ClN3O3S2. The number of ether oxygens (including phenoxy) is 1. The molecule has 2 heterocycles. The van der Waals surface area contributed by atoms with Crippen molar-refractivity contribution in [2.45, 2.75) is 38.3 Å². The van der Waals surface area contributed by atoms with Gasteiger partial charge in [-0.05, 0) is 67.1 Å². The molecular weight excluding hydrogens is 478 g/mol. The van der Waals surface area contributed by atoms with Crippen LogP contribution in [0.5, 0.6) is 5.75 Å². The third-order valence-electron chi connectivity index (χ3n) is 5.92. The molecule has 1 aliphatic rings. The number of carbonyl (C=O) groups excluding carboxylic acids is 1. The van der Waals surface area contributed by atoms with Gasteiger partial charge in [0.1, 0.15) is 16.5 Å². The first-order valence-electron chi connectivity index (χ1n) is 10.7. The zero-order valence-electron chi connectivity index (χ0n) is 18.0. The normalized spacial score (nSPS) is 15.8. The van der Waals surface area contributed by atoms with E-state index in [-0.39, 0.29) is 16.8 Å². The highest BCUT2D eigenvalue weighted by atomic mass is 35.5. The van der Waals surface area contributed by atoms with Crippen LogP contribution in [0.2, 0.25) is 5.02 Å². The molecule has 9 heteroatoms. The Hall–Kier alpha value is -2.68. The van der Waals surface area contributed by atoms with Crippen molar-refractivity contribution >= 4 is 50.4 Å². The van der Waals surface area contributed by atoms with Crippen molar-refractivity contribution in [2.24, 2.45) is 0 Å². The van der Waals surface area contributed by atoms with Gasteiger partial charge < -0.3 is 10.1 Å². The molecule has 33 heavy (non-hydrogen) atoms. The van der Waals surface area contributed by atoms with Gasteiger partial charge in [-0.1, -0.05) is 29.0 Å². The molecule has 6 nitrogen and oxygen atoms in total. The maximum atomic E-state index is 12.9. The standard InChI is InChI=1S/C24H22ClN3O3S2/c1-31-18-7-5-14-3-2-4-17(9-15(14)10-18)26-23(29)19-13-32-22(27-19)12-28-20-11-16(25)6-8-21(20)33-24(28)30/h5-8,10-11,13,17H,2-4,9,12H2,1H3,(H,26,29). The fraction of sp³-hybridized carbons (Fsp3) is 0.292. The fourth-order valence-corrected chi connectivity index (χ4v) is 6.06. The average molecular weight is 500 g/mol. The number of aryl methyl sites for hydroxylation is 1. The van der Waals surface area contributed by atoms with E-state index in [0.29, 0.717) is 22.3 Å². The number of nitrogens with one attached hydrogen (secondary N) is 1. The Labute approximate surface area is 203 Å². The van der Waals surface area contributed by atoms with Crippen LogP contribution in [0.1, 0.15) is 39.5 Å². The molecule has 1 unspecified atom stereocenters. The number of hydrogen-bond acceptors (Lipinski definition) is 6. The number of nitrogens with zero attached hydrogens (tertiary/aromatic N) is 2. The molecule has 170 valence electrons. The Morgan fingerprint density at radius 1 is 1.27 bits per heavy atom. The van der Waals surface area contributed by atoms with Crippen molar-refractivity contribution in [1.82, 2.24) is 14.9 Å². The molecule has 0 aliphatic heterocycles. The second-order valence-electron chi connectivity index (χ2n) is 8.09. The molecule has 1 amide bonds. The van der Waals surface area contributed by atoms with E-state index < -0.39 is 0 Å². The first kappa shape index (κ1) is 22.1. The minimum absolute atomic E-state index is 0.0431. The number of benzene rings is 2. The number of hydrogen-bond donors (Lipinski definition) is 1. The van der Waals surface area contributed by atoms with Crippen molar-refractivity contribution in [3.8, 4) is 5.75 Å². The van der Waals surface area contributed by atoms with E-state index in [2.05, 4.69) is 22.4 Å². The van der Waals surface area contributed by atoms with Crippen LogP contribution in [0.3, 0.4) is 0 Å². The van der Waals surface area contributed by atoms with Crippen molar-refractivity contribution < 1.29 is 9.53 Å². The van der Waals surface area contributed by atoms with Crippen LogP contribution >= 0.6 is 34.3 Å². The maximum Gasteiger partial charge on any atom is 0.308 e. The number of fused-ring (bicyclic) bond motifs is 2. The van der Waals surface area contributed by atoms with Gasteiger partial charge in [0.25, 0.3) is 5.91 Å². The minimum Gasteiger partial charge on any atom is -0.497 e. The van der Waals surface area contributed by atoms with Crippen molar-refractivity contribution in [2.75, 3.05) is 7.11 Å². The Morgan fingerprint density at radius 3 is 3.00 bits per heavy atom. The smallest absolute Gasteiger partial charge is 0.308 e. The lowest BCUT2D eigenvalue weighted by Gasteiger charge is -2.16. The third-order valence-corrected chi connectivity index (χ3v) is 7.95. The second-order valence-corrected chi connectivity index (χ2v) is 10.5. The van der Waals surface area contributed by atoms with Crippen molar-refractivity contribution in [1.29, 1.82) is 0 Å². The molecule has 4 aromatic rings. The number of methoxy groups -OCH3 is 1. The van der Waals surface area contributed by atoms with E-state index in [1.54, 1.807) is 29.2 Å². The SMILES string of the molecule is COc1ccc2c(c1)CC(NC(=O)c1csc(Cn3c(=O)sc4ccc(Cl)cc43)n1)CCC2. The summed E-state index contributed by atoms with van der Waals surface area (Å²) < 4.78 is 7.90. The lowest BCUT2D eigenvalue weighted by atomic mass is 10.0. The summed E-state index contributed by atoms with van der Waals surface area (Å²) in [6.07, 6.45) is 3.70. The van der Waals surface area contributed by atoms with Gasteiger partial charge in [-0.25, -0.2) is 4.98 Å². The Balaban J connectivity index is 1.30. The number of carbonyl (C=O) groups is 1. The minimum atomic E-state index is -0.181. The summed E-state index contributed by atoms with van der Waals surface area (Å²) >= 11 is 8.68. The first-order valence-corrected chi connectivity index (χ1v) is 12.8. The average Bonchev–Trinajstić information content (AvgIpc) is 3.33. The summed E-state index contributed by atoms with van der Waals surface area (Å²) in [6.45, 7) is 0.313. The van der Waals surface area contributed by atoms with Crippen LogP contribution < -0.4 is 14.9 Å². The van der Waals surface area contributed by atoms with Gasteiger partial charge in [-0.2, -0.15) is 0 Å². The van der Waals surface area contributed by atoms with Gasteiger partial charge >= 0.3 is 4.87 Å². The number of amides is 1. The van der Waals surface area contributed by atoms with Gasteiger partial charge in [0.15, 0.2) is 0 Å². The van der Waals surface area contributed by atoms with Crippen molar-refractivity contribution in [3.63, 3.8) is 0 Å².